The number of rotatable bonds is 0. The molecular formula is C5H14F9N2P. The van der Waals surface area contributed by atoms with Gasteiger partial charge in [-0.1, -0.05) is 0 Å². The van der Waals surface area contributed by atoms with Crippen LogP contribution < -0.4 is 4.70 Å². The molecule has 0 aliphatic carbocycles. The first-order valence-corrected chi connectivity index (χ1v) is 4.96. The van der Waals surface area contributed by atoms with Gasteiger partial charge in [-0.25, -0.2) is 9.48 Å². The van der Waals surface area contributed by atoms with Gasteiger partial charge >= 0.3 is 35.2 Å². The molecule has 0 saturated heterocycles. The zero-order valence-electron chi connectivity index (χ0n) is 10.3. The summed E-state index contributed by atoms with van der Waals surface area (Å²) >= 11 is 0. The fourth-order valence-corrected chi connectivity index (χ4v) is 0.400. The molecule has 17 heavy (non-hydrogen) atoms. The van der Waals surface area contributed by atoms with Crippen molar-refractivity contribution in [3.63, 3.8) is 0 Å². The van der Waals surface area contributed by atoms with Gasteiger partial charge in [0.2, 0.25) is 0 Å². The molecule has 0 atom stereocenters. The van der Waals surface area contributed by atoms with Gasteiger partial charge in [-0.3, -0.25) is 9.42 Å². The summed E-state index contributed by atoms with van der Waals surface area (Å²) in [5.74, 6) is 0. The van der Waals surface area contributed by atoms with Crippen molar-refractivity contribution < 1.29 is 44.1 Å². The van der Waals surface area contributed by atoms with E-state index in [1.165, 1.54) is 9.48 Å². The molecule has 12 heteroatoms. The number of nitrogens with zero attached hydrogens (tertiary/aromatic N) is 2. The summed E-state index contributed by atoms with van der Waals surface area (Å²) in [6.45, 7) is 0. The van der Waals surface area contributed by atoms with Crippen LogP contribution in [0.1, 0.15) is 0 Å². The fraction of sp³-hybridized carbons (Fsp3) is 0.800. The summed E-state index contributed by atoms with van der Waals surface area (Å²) < 4.78 is 76.0. The van der Waals surface area contributed by atoms with Gasteiger partial charge < -0.3 is 4.70 Å². The number of amidine groups is 1. The van der Waals surface area contributed by atoms with Crippen LogP contribution in [0.2, 0.25) is 0 Å². The summed E-state index contributed by atoms with van der Waals surface area (Å²) in [7, 11) is -1.90. The van der Waals surface area contributed by atoms with Gasteiger partial charge in [-0.15, -0.1) is 4.39 Å². The monoisotopic (exact) mass is 306 g/mol. The van der Waals surface area contributed by atoms with E-state index in [-0.39, 0.29) is 15.5 Å². The third-order valence-corrected chi connectivity index (χ3v) is 0.738. The molecule has 0 aromatic carbocycles. The SMILES string of the molecule is CN(C)C(F)=[N+](C)C.F.FP(F)(F)(F)F.[3H]F.[F-]. The van der Waals surface area contributed by atoms with Gasteiger partial charge in [0.25, 0.3) is 1.45 Å². The van der Waals surface area contributed by atoms with Crippen molar-refractivity contribution in [2.24, 2.45) is 0 Å². The van der Waals surface area contributed by atoms with E-state index in [4.69, 9.17) is 4.72 Å². The standard InChI is InChI=1S/C5H12FN2.F5P.3FH/c1-7(2)5(6)8(3)4;1-6(2,3,4)5;;;/h1-4H3;;3*1H/q+1;;;;/p-1/i/hT. The number of hydrogen-bond acceptors (Lipinski definition) is 0. The van der Waals surface area contributed by atoms with E-state index in [0.717, 1.165) is 0 Å². The molecule has 0 bridgehead atoms. The molecule has 0 heterocycles. The number of hydrogen-bond donors (Lipinski definition) is 0. The van der Waals surface area contributed by atoms with E-state index in [1.54, 1.807) is 28.2 Å². The van der Waals surface area contributed by atoms with Crippen LogP contribution in [0.5, 0.6) is 0 Å². The first kappa shape index (κ1) is 25.2. The minimum absolute atomic E-state index is 0. The van der Waals surface area contributed by atoms with Crippen LogP contribution in [0.25, 0.3) is 0 Å². The predicted molar refractivity (Wildman–Crippen MR) is 49.4 cm³/mol. The molecule has 0 N–H and O–H groups in total. The average molecular weight is 306 g/mol. The Morgan fingerprint density at radius 2 is 1.24 bits per heavy atom. The van der Waals surface area contributed by atoms with Crippen molar-refractivity contribution in [3.8, 4) is 0 Å². The van der Waals surface area contributed by atoms with Crippen LogP contribution in [-0.2, 0) is 0 Å². The third kappa shape index (κ3) is 50.9. The van der Waals surface area contributed by atoms with Crippen LogP contribution in [-0.4, -0.2) is 45.2 Å². The molecule has 0 aromatic heterocycles. The van der Waals surface area contributed by atoms with Crippen molar-refractivity contribution in [1.29, 1.82) is 1.45 Å². The summed E-state index contributed by atoms with van der Waals surface area (Å²) in [4.78, 5) is 1.42. The molecule has 0 spiro atoms. The van der Waals surface area contributed by atoms with E-state index in [1.807, 2.05) is 0 Å². The van der Waals surface area contributed by atoms with E-state index < -0.39 is 8.16 Å². The molecule has 2 nitrogen and oxygen atoms in total. The molecule has 0 amide bonds. The smallest absolute Gasteiger partial charge is 0.269 e. The molecule has 0 rings (SSSR count). The Kier molecular flexibility index (Phi) is 13.8. The molecule has 0 aromatic rings. The largest absolute Gasteiger partial charge is 1.00 e. The van der Waals surface area contributed by atoms with Gasteiger partial charge in [0.1, 0.15) is 0 Å². The summed E-state index contributed by atoms with van der Waals surface area (Å²) in [5.41, 5.74) is 0. The Labute approximate surface area is 94.1 Å². The van der Waals surface area contributed by atoms with Crippen LogP contribution >= 0.6 is 8.16 Å². The maximum atomic E-state index is 12.4. The zero-order chi connectivity index (χ0) is 14.2. The molecule has 0 saturated carbocycles. The minimum Gasteiger partial charge on any atom is -1.00 e. The maximum Gasteiger partial charge on any atom is 0.269 e. The Balaban J connectivity index is -0.0000000511. The first-order chi connectivity index (χ1) is 6.79. The number of halogens is 9. The first-order valence-electron chi connectivity index (χ1n) is 3.65. The molecule has 0 fully saturated rings. The normalized spacial score (nSPS) is 11.2. The van der Waals surface area contributed by atoms with Gasteiger partial charge in [-0.2, -0.15) is 0 Å². The second-order valence-corrected chi connectivity index (χ2v) is 3.97. The van der Waals surface area contributed by atoms with Gasteiger partial charge in [0, 0.05) is 0 Å². The summed E-state index contributed by atoms with van der Waals surface area (Å²) in [5, 5.41) is 0. The average Bonchev–Trinajstić information content (AvgIpc) is 2.01. The van der Waals surface area contributed by atoms with Crippen molar-refractivity contribution in [2.75, 3.05) is 28.2 Å². The van der Waals surface area contributed by atoms with Gasteiger partial charge in [0.15, 0.2) is 0 Å². The summed E-state index contributed by atoms with van der Waals surface area (Å²) in [6, 6.07) is 0. The maximum absolute atomic E-state index is 12.4. The zero-order valence-corrected chi connectivity index (χ0v) is 10.2. The predicted octanol–water partition coefficient (Wildman–Crippen LogP) is 0.417. The topological polar surface area (TPSA) is 6.25 Å². The fourth-order valence-electron chi connectivity index (χ4n) is 0.400. The Morgan fingerprint density at radius 3 is 1.24 bits per heavy atom. The molecule has 0 aliphatic rings. The minimum atomic E-state index is -8.55. The van der Waals surface area contributed by atoms with E-state index in [0.29, 0.717) is 0 Å². The second kappa shape index (κ2) is 9.32. The molecular weight excluding hydrogens is 290 g/mol. The second-order valence-electron chi connectivity index (χ2n) is 2.70. The van der Waals surface area contributed by atoms with Gasteiger partial charge in [-0.05, 0) is 0 Å². The van der Waals surface area contributed by atoms with Crippen LogP contribution in [0.15, 0.2) is 0 Å². The van der Waals surface area contributed by atoms with E-state index in [2.05, 4.69) is 1.45 Å². The van der Waals surface area contributed by atoms with Crippen molar-refractivity contribution in [2.45, 2.75) is 0 Å². The Hall–Kier alpha value is -0.730. The third-order valence-electron chi connectivity index (χ3n) is 0.738. The van der Waals surface area contributed by atoms with E-state index >= 15 is 0 Å². The Morgan fingerprint density at radius 1 is 1.06 bits per heavy atom. The van der Waals surface area contributed by atoms with Crippen molar-refractivity contribution >= 4 is 14.2 Å². The van der Waals surface area contributed by atoms with Crippen LogP contribution in [0.3, 0.4) is 0 Å². The summed E-state index contributed by atoms with van der Waals surface area (Å²) in [6.07, 6.45) is -0.231. The van der Waals surface area contributed by atoms with Crippen LogP contribution in [0, 0.1) is 0 Å². The molecule has 112 valence electrons. The van der Waals surface area contributed by atoms with Gasteiger partial charge in [0.05, 0.1) is 28.2 Å². The Bertz CT molecular complexity index is 206. The quantitative estimate of drug-likeness (QED) is 0.157. The molecule has 0 radical (unpaired) electrons. The molecule has 0 aliphatic heterocycles. The van der Waals surface area contributed by atoms with Crippen LogP contribution in [0.4, 0.5) is 34.8 Å². The van der Waals surface area contributed by atoms with Crippen molar-refractivity contribution in [3.05, 3.63) is 0 Å². The molecule has 0 unspecified atom stereocenters. The van der Waals surface area contributed by atoms with E-state index in [9.17, 15) is 25.4 Å². The van der Waals surface area contributed by atoms with Crippen molar-refractivity contribution in [1.82, 2.24) is 4.90 Å².